The van der Waals surface area contributed by atoms with E-state index in [2.05, 4.69) is 42.4 Å². The SMILES string of the molecule is COCCOCCCCN=C(N)Nc1cc(C)cc(C)c1.I. The number of rotatable bonds is 9. The van der Waals surface area contributed by atoms with Gasteiger partial charge in [-0.25, -0.2) is 0 Å². The number of benzene rings is 1. The van der Waals surface area contributed by atoms with E-state index in [4.69, 9.17) is 15.2 Å². The molecule has 0 atom stereocenters. The molecule has 0 aromatic heterocycles. The van der Waals surface area contributed by atoms with Gasteiger partial charge < -0.3 is 20.5 Å². The lowest BCUT2D eigenvalue weighted by atomic mass is 10.1. The van der Waals surface area contributed by atoms with Crippen LogP contribution in [0.3, 0.4) is 0 Å². The molecule has 0 aliphatic heterocycles. The van der Waals surface area contributed by atoms with Gasteiger partial charge in [0, 0.05) is 25.9 Å². The maximum Gasteiger partial charge on any atom is 0.193 e. The summed E-state index contributed by atoms with van der Waals surface area (Å²) < 4.78 is 10.3. The van der Waals surface area contributed by atoms with Gasteiger partial charge in [0.25, 0.3) is 0 Å². The summed E-state index contributed by atoms with van der Waals surface area (Å²) in [6, 6.07) is 6.24. The van der Waals surface area contributed by atoms with E-state index in [-0.39, 0.29) is 24.0 Å². The van der Waals surface area contributed by atoms with E-state index < -0.39 is 0 Å². The maximum absolute atomic E-state index is 5.88. The van der Waals surface area contributed by atoms with E-state index in [1.54, 1.807) is 7.11 Å². The van der Waals surface area contributed by atoms with Crippen molar-refractivity contribution in [2.24, 2.45) is 10.7 Å². The Labute approximate surface area is 150 Å². The summed E-state index contributed by atoms with van der Waals surface area (Å²) in [7, 11) is 1.67. The summed E-state index contributed by atoms with van der Waals surface area (Å²) in [6.45, 7) is 6.87. The molecule has 0 bridgehead atoms. The molecule has 0 aliphatic carbocycles. The summed E-state index contributed by atoms with van der Waals surface area (Å²) in [6.07, 6.45) is 1.94. The molecule has 0 aliphatic rings. The first-order valence-electron chi connectivity index (χ1n) is 7.33. The molecule has 6 heteroatoms. The molecule has 0 spiro atoms. The van der Waals surface area contributed by atoms with E-state index in [0.29, 0.717) is 25.7 Å². The summed E-state index contributed by atoms with van der Waals surface area (Å²) in [5.41, 5.74) is 9.27. The summed E-state index contributed by atoms with van der Waals surface area (Å²) in [4.78, 5) is 4.32. The van der Waals surface area contributed by atoms with Gasteiger partial charge in [-0.3, -0.25) is 4.99 Å². The lowest BCUT2D eigenvalue weighted by molar-refractivity contribution is 0.0690. The van der Waals surface area contributed by atoms with E-state index in [1.165, 1.54) is 11.1 Å². The average Bonchev–Trinajstić information content (AvgIpc) is 2.40. The summed E-state index contributed by atoms with van der Waals surface area (Å²) in [5.74, 6) is 0.459. The number of nitrogens with one attached hydrogen (secondary N) is 1. The number of hydrogen-bond donors (Lipinski definition) is 2. The van der Waals surface area contributed by atoms with Crippen molar-refractivity contribution in [3.63, 3.8) is 0 Å². The predicted molar refractivity (Wildman–Crippen MR) is 103 cm³/mol. The van der Waals surface area contributed by atoms with E-state index in [1.807, 2.05) is 0 Å². The minimum Gasteiger partial charge on any atom is -0.382 e. The highest BCUT2D eigenvalue weighted by Gasteiger charge is 1.97. The number of aliphatic imine (C=N–C) groups is 1. The molecule has 0 amide bonds. The molecular weight excluding hydrogens is 393 g/mol. The summed E-state index contributed by atoms with van der Waals surface area (Å²) >= 11 is 0. The topological polar surface area (TPSA) is 68.9 Å². The number of aryl methyl sites for hydroxylation is 2. The molecule has 0 fully saturated rings. The molecular formula is C16H28IN3O2. The second-order valence-electron chi connectivity index (χ2n) is 5.08. The standard InChI is InChI=1S/C16H27N3O2.HI/c1-13-10-14(2)12-15(11-13)19-16(17)18-6-4-5-7-21-9-8-20-3;/h10-12H,4-9H2,1-3H3,(H3,17,18,19);1H. The predicted octanol–water partition coefficient (Wildman–Crippen LogP) is 3.09. The number of nitrogens with zero attached hydrogens (tertiary/aromatic N) is 1. The van der Waals surface area contributed by atoms with Crippen molar-refractivity contribution >= 4 is 35.6 Å². The first-order valence-corrected chi connectivity index (χ1v) is 7.33. The minimum atomic E-state index is 0. The van der Waals surface area contributed by atoms with Crippen LogP contribution in [0.2, 0.25) is 0 Å². The highest BCUT2D eigenvalue weighted by Crippen LogP contribution is 2.13. The fourth-order valence-electron chi connectivity index (χ4n) is 1.99. The largest absolute Gasteiger partial charge is 0.382 e. The zero-order valence-electron chi connectivity index (χ0n) is 13.7. The Morgan fingerprint density at radius 3 is 2.41 bits per heavy atom. The number of guanidine groups is 1. The Morgan fingerprint density at radius 1 is 1.09 bits per heavy atom. The van der Waals surface area contributed by atoms with Crippen molar-refractivity contribution < 1.29 is 9.47 Å². The normalized spacial score (nSPS) is 11.1. The lowest BCUT2D eigenvalue weighted by Crippen LogP contribution is -2.23. The number of unbranched alkanes of at least 4 members (excludes halogenated alkanes) is 1. The van der Waals surface area contributed by atoms with Crippen LogP contribution >= 0.6 is 24.0 Å². The minimum absolute atomic E-state index is 0. The Balaban J connectivity index is 0.00000441. The van der Waals surface area contributed by atoms with E-state index in [9.17, 15) is 0 Å². The van der Waals surface area contributed by atoms with Crippen molar-refractivity contribution in [1.29, 1.82) is 0 Å². The molecule has 1 aromatic rings. The second-order valence-corrected chi connectivity index (χ2v) is 5.08. The number of anilines is 1. The van der Waals surface area contributed by atoms with Gasteiger partial charge in [-0.15, -0.1) is 24.0 Å². The molecule has 0 unspecified atom stereocenters. The highest BCUT2D eigenvalue weighted by atomic mass is 127. The van der Waals surface area contributed by atoms with Crippen LogP contribution in [0.1, 0.15) is 24.0 Å². The van der Waals surface area contributed by atoms with Crippen LogP contribution in [0.25, 0.3) is 0 Å². The zero-order chi connectivity index (χ0) is 15.5. The van der Waals surface area contributed by atoms with Crippen molar-refractivity contribution in [3.05, 3.63) is 29.3 Å². The molecule has 126 valence electrons. The fraction of sp³-hybridized carbons (Fsp3) is 0.562. The number of hydrogen-bond acceptors (Lipinski definition) is 3. The van der Waals surface area contributed by atoms with Crippen molar-refractivity contribution in [3.8, 4) is 0 Å². The first kappa shape index (κ1) is 21.1. The van der Waals surface area contributed by atoms with Crippen molar-refractivity contribution in [1.82, 2.24) is 0 Å². The zero-order valence-corrected chi connectivity index (χ0v) is 16.1. The van der Waals surface area contributed by atoms with Gasteiger partial charge in [-0.1, -0.05) is 6.07 Å². The number of nitrogens with two attached hydrogens (primary N) is 1. The van der Waals surface area contributed by atoms with Gasteiger partial charge in [0.05, 0.1) is 13.2 Å². The third-order valence-electron chi connectivity index (χ3n) is 2.90. The lowest BCUT2D eigenvalue weighted by Gasteiger charge is -2.08. The number of methoxy groups -OCH3 is 1. The Hall–Kier alpha value is -0.860. The first-order chi connectivity index (χ1) is 10.1. The summed E-state index contributed by atoms with van der Waals surface area (Å²) in [5, 5.41) is 3.12. The molecule has 5 nitrogen and oxygen atoms in total. The molecule has 22 heavy (non-hydrogen) atoms. The van der Waals surface area contributed by atoms with Gasteiger partial charge >= 0.3 is 0 Å². The molecule has 0 saturated heterocycles. The van der Waals surface area contributed by atoms with Crippen LogP contribution in [0.5, 0.6) is 0 Å². The number of ether oxygens (including phenoxy) is 2. The van der Waals surface area contributed by atoms with Gasteiger partial charge in [0.2, 0.25) is 0 Å². The van der Waals surface area contributed by atoms with Crippen LogP contribution < -0.4 is 11.1 Å². The molecule has 0 heterocycles. The van der Waals surface area contributed by atoms with Gasteiger partial charge in [0.1, 0.15) is 0 Å². The Morgan fingerprint density at radius 2 is 1.77 bits per heavy atom. The van der Waals surface area contributed by atoms with Gasteiger partial charge in [-0.2, -0.15) is 0 Å². The van der Waals surface area contributed by atoms with Crippen LogP contribution in [0, 0.1) is 13.8 Å². The monoisotopic (exact) mass is 421 g/mol. The van der Waals surface area contributed by atoms with Crippen LogP contribution in [-0.4, -0.2) is 39.4 Å². The Bertz CT molecular complexity index is 433. The van der Waals surface area contributed by atoms with E-state index >= 15 is 0 Å². The molecule has 1 rings (SSSR count). The smallest absolute Gasteiger partial charge is 0.193 e. The third kappa shape index (κ3) is 9.97. The Kier molecular flexibility index (Phi) is 12.2. The molecule has 3 N–H and O–H groups in total. The highest BCUT2D eigenvalue weighted by molar-refractivity contribution is 14.0. The fourth-order valence-corrected chi connectivity index (χ4v) is 1.99. The van der Waals surface area contributed by atoms with Crippen molar-refractivity contribution in [2.75, 3.05) is 38.8 Å². The maximum atomic E-state index is 5.88. The molecule has 0 radical (unpaired) electrons. The van der Waals surface area contributed by atoms with Crippen LogP contribution in [0.4, 0.5) is 5.69 Å². The van der Waals surface area contributed by atoms with Crippen LogP contribution in [-0.2, 0) is 9.47 Å². The number of halogens is 1. The molecule has 0 saturated carbocycles. The van der Waals surface area contributed by atoms with Crippen molar-refractivity contribution in [2.45, 2.75) is 26.7 Å². The van der Waals surface area contributed by atoms with Gasteiger partial charge in [0.15, 0.2) is 5.96 Å². The molecule has 1 aromatic carbocycles. The van der Waals surface area contributed by atoms with E-state index in [0.717, 1.165) is 25.1 Å². The van der Waals surface area contributed by atoms with Crippen LogP contribution in [0.15, 0.2) is 23.2 Å². The van der Waals surface area contributed by atoms with Gasteiger partial charge in [-0.05, 0) is 49.9 Å². The quantitative estimate of drug-likeness (QED) is 0.278. The average molecular weight is 421 g/mol. The second kappa shape index (κ2) is 12.7. The third-order valence-corrected chi connectivity index (χ3v) is 2.90.